The van der Waals surface area contributed by atoms with Crippen LogP contribution in [0.15, 0.2) is 32.6 Å². The lowest BCUT2D eigenvalue weighted by molar-refractivity contribution is -0.121. The fourth-order valence-electron chi connectivity index (χ4n) is 3.02. The molecule has 0 saturated carbocycles. The Balaban J connectivity index is 1.73. The molecule has 5 amide bonds. The number of nitrogens with zero attached hydrogens (tertiary/aromatic N) is 3. The van der Waals surface area contributed by atoms with E-state index in [0.29, 0.717) is 17.1 Å². The van der Waals surface area contributed by atoms with Crippen LogP contribution in [-0.4, -0.2) is 54.2 Å². The summed E-state index contributed by atoms with van der Waals surface area (Å²) in [5, 5.41) is 11.5. The molecule has 0 bridgehead atoms. The van der Waals surface area contributed by atoms with Gasteiger partial charge >= 0.3 is 12.1 Å². The summed E-state index contributed by atoms with van der Waals surface area (Å²) >= 11 is 0. The van der Waals surface area contributed by atoms with Gasteiger partial charge in [-0.05, 0) is 20.8 Å². The molecule has 0 fully saturated rings. The molecule has 8 N–H and O–H groups in total. The van der Waals surface area contributed by atoms with Crippen LogP contribution in [0.5, 0.6) is 0 Å². The van der Waals surface area contributed by atoms with E-state index in [4.69, 9.17) is 0 Å². The maximum absolute atomic E-state index is 12.6. The lowest BCUT2D eigenvalue weighted by Crippen LogP contribution is -2.60. The van der Waals surface area contributed by atoms with Crippen molar-refractivity contribution in [1.29, 1.82) is 0 Å². The van der Waals surface area contributed by atoms with Crippen molar-refractivity contribution in [3.05, 3.63) is 72.2 Å². The summed E-state index contributed by atoms with van der Waals surface area (Å²) in [4.78, 5) is 91.3. The molecule has 3 heterocycles. The lowest BCUT2D eigenvalue weighted by Gasteiger charge is -2.21. The van der Waals surface area contributed by atoms with E-state index >= 15 is 0 Å². The van der Waals surface area contributed by atoms with Gasteiger partial charge in [0.25, 0.3) is 16.7 Å². The average Bonchev–Trinajstić information content (AvgIpc) is 2.70. The van der Waals surface area contributed by atoms with Crippen LogP contribution in [0.4, 0.5) is 21.5 Å². The van der Waals surface area contributed by atoms with E-state index in [9.17, 15) is 28.8 Å². The summed E-state index contributed by atoms with van der Waals surface area (Å²) in [7, 11) is 0. The van der Waals surface area contributed by atoms with Gasteiger partial charge in [0.2, 0.25) is 17.8 Å². The molecule has 0 unspecified atom stereocenters. The first-order valence-corrected chi connectivity index (χ1v) is 10.6. The zero-order valence-electron chi connectivity index (χ0n) is 19.8. The smallest absolute Gasteiger partial charge is 0.318 e. The summed E-state index contributed by atoms with van der Waals surface area (Å²) in [6.07, 6.45) is -1.91. The second kappa shape index (κ2) is 11.4. The molecule has 0 spiro atoms. The van der Waals surface area contributed by atoms with Gasteiger partial charge in [0.05, 0.1) is 6.42 Å². The first-order chi connectivity index (χ1) is 17.4. The van der Waals surface area contributed by atoms with Gasteiger partial charge in [-0.3, -0.25) is 39.8 Å². The van der Waals surface area contributed by atoms with Crippen LogP contribution in [-0.2, 0) is 11.2 Å². The molecule has 0 aromatic carbocycles. The maximum atomic E-state index is 12.6. The minimum Gasteiger partial charge on any atom is -0.318 e. The van der Waals surface area contributed by atoms with E-state index in [2.05, 4.69) is 56.5 Å². The number of carbonyl (C=O) groups excluding carboxylic acids is 3. The van der Waals surface area contributed by atoms with Crippen molar-refractivity contribution in [2.75, 3.05) is 10.6 Å². The highest BCUT2D eigenvalue weighted by atomic mass is 16.2. The van der Waals surface area contributed by atoms with Crippen LogP contribution < -0.4 is 43.3 Å². The maximum Gasteiger partial charge on any atom is 0.324 e. The van der Waals surface area contributed by atoms with E-state index < -0.39 is 40.9 Å². The SMILES string of the molecule is Cc1cc(=O)[nH]c(CC(=O)NC(NC(=O)Nc2nc(C)cc(=O)[nH]2)NC(=O)Nc2nc(C)cc(=O)[nH]2)n1. The second-order valence-electron chi connectivity index (χ2n) is 7.68. The third-order valence-electron chi connectivity index (χ3n) is 4.31. The van der Waals surface area contributed by atoms with E-state index in [1.807, 2.05) is 0 Å². The zero-order valence-corrected chi connectivity index (χ0v) is 19.8. The second-order valence-corrected chi connectivity index (χ2v) is 7.68. The summed E-state index contributed by atoms with van der Waals surface area (Å²) < 4.78 is 0. The first kappa shape index (κ1) is 26.3. The number of urea groups is 2. The lowest BCUT2D eigenvalue weighted by atomic mass is 10.3. The summed E-state index contributed by atoms with van der Waals surface area (Å²) in [6, 6.07) is 1.76. The molecule has 0 atom stereocenters. The number of rotatable bonds is 7. The molecule has 0 saturated heterocycles. The Morgan fingerprint density at radius 3 is 1.57 bits per heavy atom. The molecule has 0 radical (unpaired) electrons. The van der Waals surface area contributed by atoms with Crippen molar-refractivity contribution in [3.63, 3.8) is 0 Å². The normalized spacial score (nSPS) is 10.5. The Morgan fingerprint density at radius 2 is 1.14 bits per heavy atom. The van der Waals surface area contributed by atoms with Crippen LogP contribution in [0.1, 0.15) is 22.9 Å². The number of H-pyrrole nitrogens is 3. The van der Waals surface area contributed by atoms with E-state index in [0.717, 1.165) is 0 Å². The van der Waals surface area contributed by atoms with Crippen molar-refractivity contribution in [2.45, 2.75) is 33.5 Å². The van der Waals surface area contributed by atoms with E-state index in [1.165, 1.54) is 18.2 Å². The molecule has 3 aromatic rings. The van der Waals surface area contributed by atoms with Gasteiger partial charge in [-0.25, -0.2) is 24.5 Å². The molecule has 17 nitrogen and oxygen atoms in total. The predicted octanol–water partition coefficient (Wildman–Crippen LogP) is -1.55. The van der Waals surface area contributed by atoms with Gasteiger partial charge in [-0.15, -0.1) is 0 Å². The average molecular weight is 513 g/mol. The molecule has 3 aromatic heterocycles. The van der Waals surface area contributed by atoms with Gasteiger partial charge < -0.3 is 20.9 Å². The molecule has 0 aliphatic heterocycles. The highest BCUT2D eigenvalue weighted by Gasteiger charge is 2.19. The van der Waals surface area contributed by atoms with Crippen LogP contribution in [0.25, 0.3) is 0 Å². The molecule has 0 aliphatic carbocycles. The van der Waals surface area contributed by atoms with Crippen molar-refractivity contribution in [3.8, 4) is 0 Å². The van der Waals surface area contributed by atoms with E-state index in [1.54, 1.807) is 20.8 Å². The Hall–Kier alpha value is -5.35. The Kier molecular flexibility index (Phi) is 8.08. The summed E-state index contributed by atoms with van der Waals surface area (Å²) in [6.45, 7) is 4.66. The minimum atomic E-state index is -1.52. The topological polar surface area (TPSA) is 249 Å². The highest BCUT2D eigenvalue weighted by Crippen LogP contribution is 1.98. The number of hydrogen-bond acceptors (Lipinski definition) is 9. The number of amides is 5. The van der Waals surface area contributed by atoms with Crippen LogP contribution in [0, 0.1) is 20.8 Å². The van der Waals surface area contributed by atoms with Crippen molar-refractivity contribution < 1.29 is 14.4 Å². The molecule has 0 aliphatic rings. The quantitative estimate of drug-likeness (QED) is 0.170. The number of anilines is 2. The summed E-state index contributed by atoms with van der Waals surface area (Å²) in [5.41, 5.74) is -0.422. The van der Waals surface area contributed by atoms with Crippen molar-refractivity contribution >= 4 is 29.9 Å². The fourth-order valence-corrected chi connectivity index (χ4v) is 3.02. The predicted molar refractivity (Wildman–Crippen MR) is 129 cm³/mol. The molecular weight excluding hydrogens is 490 g/mol. The number of aromatic amines is 3. The fraction of sp³-hybridized carbons (Fsp3) is 0.250. The molecular formula is C20H23N11O6. The zero-order chi connectivity index (χ0) is 27.1. The molecule has 37 heavy (non-hydrogen) atoms. The van der Waals surface area contributed by atoms with Crippen LogP contribution in [0.2, 0.25) is 0 Å². The monoisotopic (exact) mass is 513 g/mol. The first-order valence-electron chi connectivity index (χ1n) is 10.6. The van der Waals surface area contributed by atoms with Crippen molar-refractivity contribution in [1.82, 2.24) is 45.9 Å². The van der Waals surface area contributed by atoms with Gasteiger partial charge in [0.15, 0.2) is 6.29 Å². The third kappa shape index (κ3) is 8.42. The number of aryl methyl sites for hydroxylation is 3. The molecule has 17 heteroatoms. The summed E-state index contributed by atoms with van der Waals surface area (Å²) in [5.74, 6) is -1.04. The number of carbonyl (C=O) groups is 3. The van der Waals surface area contributed by atoms with Gasteiger partial charge in [0, 0.05) is 35.3 Å². The van der Waals surface area contributed by atoms with E-state index in [-0.39, 0.29) is 24.1 Å². The van der Waals surface area contributed by atoms with Crippen LogP contribution >= 0.6 is 0 Å². The Bertz CT molecular complexity index is 1330. The molecule has 3 rings (SSSR count). The number of hydrogen-bond donors (Lipinski definition) is 8. The van der Waals surface area contributed by atoms with Crippen LogP contribution in [0.3, 0.4) is 0 Å². The van der Waals surface area contributed by atoms with Gasteiger partial charge in [0.1, 0.15) is 5.82 Å². The highest BCUT2D eigenvalue weighted by molar-refractivity contribution is 5.90. The third-order valence-corrected chi connectivity index (χ3v) is 4.31. The van der Waals surface area contributed by atoms with Gasteiger partial charge in [-0.2, -0.15) is 0 Å². The number of nitrogens with one attached hydrogen (secondary N) is 8. The Labute approximate surface area is 207 Å². The Morgan fingerprint density at radius 1 is 0.703 bits per heavy atom. The minimum absolute atomic E-state index is 0.0539. The van der Waals surface area contributed by atoms with Crippen molar-refractivity contribution in [2.24, 2.45) is 0 Å². The number of aromatic nitrogens is 6. The largest absolute Gasteiger partial charge is 0.324 e. The van der Waals surface area contributed by atoms with Gasteiger partial charge in [-0.1, -0.05) is 0 Å². The molecule has 194 valence electrons. The standard InChI is InChI=1S/C20H23N11O6/c1-8-4-12(32)24-11(21-8)7-15(35)27-18(30-19(36)28-16-22-9(2)5-13(33)25-16)31-20(37)29-17-23-10(3)6-14(34)26-17/h4-6,18H,7H2,1-3H3,(H,27,35)(H,21,24,32)(H3,22,25,28,30,33,36)(H3,23,26,29,31,34,37).